The van der Waals surface area contributed by atoms with Gasteiger partial charge in [0.15, 0.2) is 6.61 Å². The Balaban J connectivity index is 2.65. The lowest BCUT2D eigenvalue weighted by Crippen LogP contribution is -2.41. The summed E-state index contributed by atoms with van der Waals surface area (Å²) >= 11 is 0. The average Bonchev–Trinajstić information content (AvgIpc) is 2.65. The molecule has 0 aliphatic heterocycles. The molecule has 9 nitrogen and oxygen atoms in total. The van der Waals surface area contributed by atoms with Crippen molar-refractivity contribution in [2.45, 2.75) is 32.1 Å². The quantitative estimate of drug-likeness (QED) is 0.600. The van der Waals surface area contributed by atoms with Crippen LogP contribution in [0.25, 0.3) is 0 Å². The third kappa shape index (κ3) is 6.65. The molecule has 0 radical (unpaired) electrons. The van der Waals surface area contributed by atoms with Gasteiger partial charge in [-0.3, -0.25) is 10.1 Å². The van der Waals surface area contributed by atoms with Crippen molar-refractivity contribution in [2.75, 3.05) is 26.2 Å². The van der Waals surface area contributed by atoms with E-state index in [1.165, 1.54) is 28.6 Å². The largest absolute Gasteiger partial charge is 0.452 e. The number of carbonyl (C=O) groups is 3. The van der Waals surface area contributed by atoms with Crippen molar-refractivity contribution < 1.29 is 27.5 Å². The predicted octanol–water partition coefficient (Wildman–Crippen LogP) is 1.11. The number of hydrogen-bond acceptors (Lipinski definition) is 6. The van der Waals surface area contributed by atoms with Gasteiger partial charge in [-0.1, -0.05) is 20.8 Å². The van der Waals surface area contributed by atoms with Gasteiger partial charge in [-0.25, -0.2) is 18.0 Å². The molecule has 1 rings (SSSR count). The summed E-state index contributed by atoms with van der Waals surface area (Å²) in [5.41, 5.74) is 0.0942. The molecule has 1 aromatic rings. The molecule has 0 aliphatic carbocycles. The molecule has 0 bridgehead atoms. The number of ether oxygens (including phenoxy) is 1. The second-order valence-electron chi connectivity index (χ2n) is 5.49. The zero-order valence-corrected chi connectivity index (χ0v) is 16.5. The van der Waals surface area contributed by atoms with E-state index in [2.05, 4.69) is 5.32 Å². The Morgan fingerprint density at radius 3 is 2.15 bits per heavy atom. The number of amides is 3. The highest BCUT2D eigenvalue weighted by Crippen LogP contribution is 2.16. The lowest BCUT2D eigenvalue weighted by Gasteiger charge is -2.18. The van der Waals surface area contributed by atoms with Gasteiger partial charge in [0, 0.05) is 19.6 Å². The summed E-state index contributed by atoms with van der Waals surface area (Å²) in [4.78, 5) is 34.9. The van der Waals surface area contributed by atoms with Crippen molar-refractivity contribution in [3.05, 3.63) is 29.8 Å². The Morgan fingerprint density at radius 2 is 1.63 bits per heavy atom. The third-order valence-electron chi connectivity index (χ3n) is 3.56. The lowest BCUT2D eigenvalue weighted by molar-refractivity contribution is -0.123. The van der Waals surface area contributed by atoms with E-state index in [-0.39, 0.29) is 10.5 Å². The van der Waals surface area contributed by atoms with E-state index in [1.807, 2.05) is 12.2 Å². The summed E-state index contributed by atoms with van der Waals surface area (Å²) in [6.45, 7) is 5.80. The minimum absolute atomic E-state index is 0.0630. The van der Waals surface area contributed by atoms with Crippen LogP contribution in [0.1, 0.15) is 37.6 Å². The zero-order valence-electron chi connectivity index (χ0n) is 15.6. The van der Waals surface area contributed by atoms with Crippen LogP contribution in [-0.4, -0.2) is 56.9 Å². The number of nitrogens with zero attached hydrogens (tertiary/aromatic N) is 1. The molecule has 0 aliphatic rings. The van der Waals surface area contributed by atoms with Crippen LogP contribution in [0.3, 0.4) is 0 Å². The smallest absolute Gasteiger partial charge is 0.338 e. The van der Waals surface area contributed by atoms with Gasteiger partial charge in [0.2, 0.25) is 10.0 Å². The first kappa shape index (κ1) is 22.6. The molecule has 27 heavy (non-hydrogen) atoms. The molecule has 0 saturated heterocycles. The molecular formula is C17H25N3O6S. The number of esters is 1. The molecule has 0 aromatic heterocycles. The second-order valence-corrected chi connectivity index (χ2v) is 7.43. The molecule has 0 atom stereocenters. The predicted molar refractivity (Wildman–Crippen MR) is 98.7 cm³/mol. The number of nitrogens with one attached hydrogen (secondary N) is 2. The van der Waals surface area contributed by atoms with Crippen molar-refractivity contribution in [3.63, 3.8) is 0 Å². The fraction of sp³-hybridized carbons (Fsp3) is 0.471. The number of carbonyl (C=O) groups excluding carboxylic acids is 3. The van der Waals surface area contributed by atoms with Gasteiger partial charge in [-0.2, -0.15) is 4.31 Å². The Bertz CT molecular complexity index is 757. The molecule has 0 unspecified atom stereocenters. The molecular weight excluding hydrogens is 374 g/mol. The highest BCUT2D eigenvalue weighted by Gasteiger charge is 2.22. The van der Waals surface area contributed by atoms with Gasteiger partial charge >= 0.3 is 12.0 Å². The van der Waals surface area contributed by atoms with Gasteiger partial charge in [-0.15, -0.1) is 0 Å². The number of imide groups is 1. The first-order valence-electron chi connectivity index (χ1n) is 8.61. The van der Waals surface area contributed by atoms with E-state index >= 15 is 0 Å². The van der Waals surface area contributed by atoms with Gasteiger partial charge in [-0.05, 0) is 30.7 Å². The molecule has 10 heteroatoms. The van der Waals surface area contributed by atoms with Crippen molar-refractivity contribution in [1.82, 2.24) is 14.9 Å². The van der Waals surface area contributed by atoms with Crippen molar-refractivity contribution >= 4 is 27.9 Å². The Morgan fingerprint density at radius 1 is 1.04 bits per heavy atom. The van der Waals surface area contributed by atoms with E-state index in [0.717, 1.165) is 6.42 Å². The third-order valence-corrected chi connectivity index (χ3v) is 5.62. The van der Waals surface area contributed by atoms with E-state index in [4.69, 9.17) is 4.74 Å². The van der Waals surface area contributed by atoms with Crippen LogP contribution in [-0.2, 0) is 19.6 Å². The van der Waals surface area contributed by atoms with Crippen molar-refractivity contribution in [3.8, 4) is 0 Å². The monoisotopic (exact) mass is 399 g/mol. The summed E-state index contributed by atoms with van der Waals surface area (Å²) in [5, 5.41) is 4.47. The number of benzene rings is 1. The number of urea groups is 1. The average molecular weight is 399 g/mol. The summed E-state index contributed by atoms with van der Waals surface area (Å²) < 4.78 is 30.9. The Kier molecular flexibility index (Phi) is 8.89. The fourth-order valence-electron chi connectivity index (χ4n) is 2.14. The van der Waals surface area contributed by atoms with E-state index in [0.29, 0.717) is 19.6 Å². The van der Waals surface area contributed by atoms with Crippen LogP contribution in [0.4, 0.5) is 4.79 Å². The minimum Gasteiger partial charge on any atom is -0.452 e. The summed E-state index contributed by atoms with van der Waals surface area (Å²) in [7, 11) is -3.62. The standard InChI is InChI=1S/C17H25N3O6S/c1-4-11-18-17(23)19-15(21)12-26-16(22)13-7-9-14(10-8-13)27(24,25)20(5-2)6-3/h7-10H,4-6,11-12H2,1-3H3,(H2,18,19,21,23). The Hall–Kier alpha value is -2.46. The lowest BCUT2D eigenvalue weighted by atomic mass is 10.2. The van der Waals surface area contributed by atoms with Crippen LogP contribution in [0.5, 0.6) is 0 Å². The summed E-state index contributed by atoms with van der Waals surface area (Å²) in [6.07, 6.45) is 0.719. The molecule has 0 saturated carbocycles. The first-order valence-corrected chi connectivity index (χ1v) is 10.0. The molecule has 0 heterocycles. The van der Waals surface area contributed by atoms with Crippen LogP contribution < -0.4 is 10.6 Å². The van der Waals surface area contributed by atoms with Crippen LogP contribution in [0.15, 0.2) is 29.2 Å². The van der Waals surface area contributed by atoms with Crippen LogP contribution in [0.2, 0.25) is 0 Å². The molecule has 1 aromatic carbocycles. The highest BCUT2D eigenvalue weighted by molar-refractivity contribution is 7.89. The maximum Gasteiger partial charge on any atom is 0.338 e. The van der Waals surface area contributed by atoms with Gasteiger partial charge in [0.25, 0.3) is 5.91 Å². The summed E-state index contributed by atoms with van der Waals surface area (Å²) in [6, 6.07) is 4.57. The normalized spacial score (nSPS) is 11.1. The first-order chi connectivity index (χ1) is 12.8. The fourth-order valence-corrected chi connectivity index (χ4v) is 3.59. The molecule has 3 amide bonds. The minimum atomic E-state index is -3.62. The second kappa shape index (κ2) is 10.6. The SMILES string of the molecule is CCCNC(=O)NC(=O)COC(=O)c1ccc(S(=O)(=O)N(CC)CC)cc1. The maximum absolute atomic E-state index is 12.4. The Labute approximate surface area is 159 Å². The van der Waals surface area contributed by atoms with Crippen LogP contribution >= 0.6 is 0 Å². The van der Waals surface area contributed by atoms with E-state index in [1.54, 1.807) is 13.8 Å². The molecule has 0 fully saturated rings. The van der Waals surface area contributed by atoms with Gasteiger partial charge in [0.1, 0.15) is 0 Å². The van der Waals surface area contributed by atoms with Crippen LogP contribution in [0, 0.1) is 0 Å². The number of hydrogen-bond donors (Lipinski definition) is 2. The van der Waals surface area contributed by atoms with Crippen molar-refractivity contribution in [2.24, 2.45) is 0 Å². The van der Waals surface area contributed by atoms with E-state index in [9.17, 15) is 22.8 Å². The summed E-state index contributed by atoms with van der Waals surface area (Å²) in [5.74, 6) is -1.57. The van der Waals surface area contributed by atoms with Gasteiger partial charge in [0.05, 0.1) is 10.5 Å². The number of rotatable bonds is 9. The highest BCUT2D eigenvalue weighted by atomic mass is 32.2. The number of sulfonamides is 1. The van der Waals surface area contributed by atoms with E-state index < -0.39 is 34.5 Å². The molecule has 2 N–H and O–H groups in total. The molecule has 150 valence electrons. The van der Waals surface area contributed by atoms with Crippen molar-refractivity contribution in [1.29, 1.82) is 0 Å². The maximum atomic E-state index is 12.4. The zero-order chi connectivity index (χ0) is 20.4. The van der Waals surface area contributed by atoms with Gasteiger partial charge < -0.3 is 10.1 Å². The molecule has 0 spiro atoms. The topological polar surface area (TPSA) is 122 Å².